The van der Waals surface area contributed by atoms with Crippen molar-refractivity contribution in [2.24, 2.45) is 0 Å². The lowest BCUT2D eigenvalue weighted by Crippen LogP contribution is -2.41. The number of nitrogens with zero attached hydrogens (tertiary/aromatic N) is 7. The Hall–Kier alpha value is -5.66. The third kappa shape index (κ3) is 38.8. The lowest BCUT2D eigenvalue weighted by molar-refractivity contribution is -0.644. The number of nitrogens with one attached hydrogen (secondary N) is 2. The molecular weight excluding hydrogens is 1390 g/mol. The molecule has 7 rings (SSSR count). The van der Waals surface area contributed by atoms with Crippen molar-refractivity contribution in [2.45, 2.75) is 121 Å². The Kier molecular flexibility index (Phi) is 51.9. The van der Waals surface area contributed by atoms with E-state index >= 15 is 0 Å². The number of aromatic amines is 1. The number of aromatic nitrogens is 8. The highest BCUT2D eigenvalue weighted by molar-refractivity contribution is 7.96. The molecule has 4 aromatic heterocycles. The van der Waals surface area contributed by atoms with Crippen molar-refractivity contribution in [3.8, 4) is 49.4 Å². The van der Waals surface area contributed by atoms with Crippen molar-refractivity contribution >= 4 is 104 Å². The van der Waals surface area contributed by atoms with Gasteiger partial charge >= 0.3 is 45.2 Å². The highest BCUT2D eigenvalue weighted by Gasteiger charge is 2.48. The van der Waals surface area contributed by atoms with E-state index < -0.39 is 119 Å². The molecule has 0 aromatic carbocycles. The smallest absolute Gasteiger partial charge is 0.521 e. The minimum absolute atomic E-state index is 0. The average Bonchev–Trinajstić information content (AvgIpc) is 1.63. The maximum absolute atomic E-state index is 13.3. The number of rotatable bonds is 9. The largest absolute Gasteiger partial charge is 0.756 e. The van der Waals surface area contributed by atoms with Crippen LogP contribution in [0.4, 0.5) is 20.4 Å². The molecule has 42 nitrogen and oxygen atoms in total. The SMILES string of the molecule is C.C.C#C[C@](C)(O)C=O.C#C[C@]1(C)OC(O)C[C@@H]1O.C#C[C@]1(C)O[C@H](OP(=O)([O-])O)C[C@@H]1O.C#C[C@]1(CO)O[C@@H](n2cnc3c(N)nc(F)nc32)C[C@@H]1O.CC=O.N=PP.Nc1nc(F)nc2nc[nH]c12.O=[P+]([O-])OO.O=[P+]([O-])O[O-].O=[P+]([O-])O[O-].O=[P+]([O-])O[O-]. The molecule has 0 spiro atoms. The van der Waals surface area contributed by atoms with Crippen LogP contribution in [0.3, 0.4) is 0 Å². The number of terminal acetylenes is 4. The van der Waals surface area contributed by atoms with E-state index in [-0.39, 0.29) is 62.6 Å². The maximum Gasteiger partial charge on any atom is 0.521 e. The molecule has 3 aliphatic heterocycles. The summed E-state index contributed by atoms with van der Waals surface area (Å²) in [4.78, 5) is 96.8. The number of aliphatic hydroxyl groups is 6. The Morgan fingerprint density at radius 1 is 0.857 bits per heavy atom. The summed E-state index contributed by atoms with van der Waals surface area (Å²) >= 11 is 0. The van der Waals surface area contributed by atoms with Gasteiger partial charge in [0.15, 0.2) is 69.7 Å². The first kappa shape index (κ1) is 96.4. The van der Waals surface area contributed by atoms with Crippen molar-refractivity contribution in [1.29, 1.82) is 5.16 Å². The van der Waals surface area contributed by atoms with Gasteiger partial charge in [-0.25, -0.2) is 29.2 Å². The number of hydrogen-bond donors (Lipinski definition) is 12. The van der Waals surface area contributed by atoms with Crippen LogP contribution >= 0.6 is 57.8 Å². The summed E-state index contributed by atoms with van der Waals surface area (Å²) in [6.45, 7) is 5.15. The van der Waals surface area contributed by atoms with Crippen LogP contribution in [0.15, 0.2) is 12.7 Å². The molecule has 51 heteroatoms. The number of fused-ring (bicyclic) bond motifs is 2. The Morgan fingerprint density at radius 2 is 1.29 bits per heavy atom. The predicted molar refractivity (Wildman–Crippen MR) is 291 cm³/mol. The molecule has 91 heavy (non-hydrogen) atoms. The van der Waals surface area contributed by atoms with Crippen LogP contribution in [0, 0.1) is 66.7 Å². The molecule has 14 N–H and O–H groups in total. The van der Waals surface area contributed by atoms with E-state index in [2.05, 4.69) is 91.2 Å². The Labute approximate surface area is 520 Å². The second-order valence-corrected chi connectivity index (χ2v) is 20.0. The van der Waals surface area contributed by atoms with Crippen LogP contribution in [0.5, 0.6) is 0 Å². The zero-order valence-electron chi connectivity index (χ0n) is 45.2. The van der Waals surface area contributed by atoms with Crippen LogP contribution in [0.2, 0.25) is 0 Å². The number of carbonyl (C=O) groups is 2. The molecule has 7 unspecified atom stereocenters. The van der Waals surface area contributed by atoms with Crippen molar-refractivity contribution in [2.75, 3.05) is 18.1 Å². The van der Waals surface area contributed by atoms with Gasteiger partial charge < -0.3 is 111 Å². The van der Waals surface area contributed by atoms with E-state index in [1.54, 1.807) is 6.92 Å². The van der Waals surface area contributed by atoms with Crippen molar-refractivity contribution < 1.29 is 160 Å². The van der Waals surface area contributed by atoms with Crippen LogP contribution in [-0.2, 0) is 69.8 Å². The second-order valence-electron chi connectivity index (χ2n) is 15.4. The van der Waals surface area contributed by atoms with Gasteiger partial charge in [-0.1, -0.05) is 47.5 Å². The van der Waals surface area contributed by atoms with E-state index in [4.69, 9.17) is 129 Å². The van der Waals surface area contributed by atoms with Crippen LogP contribution < -0.4 is 51.7 Å². The minimum atomic E-state index is -4.86. The quantitative estimate of drug-likeness (QED) is 0.0186. The fourth-order valence-corrected chi connectivity index (χ4v) is 5.75. The Balaban J connectivity index is -0.000000231. The molecule has 4 aromatic rings. The van der Waals surface area contributed by atoms with E-state index in [1.807, 2.05) is 5.92 Å². The minimum Gasteiger partial charge on any atom is -0.756 e. The highest BCUT2D eigenvalue weighted by Crippen LogP contribution is 2.40. The van der Waals surface area contributed by atoms with Gasteiger partial charge in [-0.2, -0.15) is 28.7 Å². The number of ether oxygens (including phenoxy) is 3. The van der Waals surface area contributed by atoms with Crippen LogP contribution in [0.1, 0.15) is 68.0 Å². The second kappa shape index (κ2) is 49.0. The van der Waals surface area contributed by atoms with Gasteiger partial charge in [-0.3, -0.25) is 23.6 Å². The van der Waals surface area contributed by atoms with Gasteiger partial charge in [0.2, 0.25) is 0 Å². The Morgan fingerprint density at radius 3 is 1.60 bits per heavy atom. The number of hydrogen-bond acceptors (Lipinski definition) is 39. The number of halogens is 2. The lowest BCUT2D eigenvalue weighted by Gasteiger charge is -2.23. The highest BCUT2D eigenvalue weighted by atomic mass is 32.0. The van der Waals surface area contributed by atoms with Gasteiger partial charge in [0.05, 0.1) is 31.5 Å². The summed E-state index contributed by atoms with van der Waals surface area (Å²) in [6.07, 6.45) is 16.5. The number of phosphoric ester groups is 1. The normalized spacial score (nSPS) is 23.6. The average molecular weight is 1440 g/mol. The molecule has 512 valence electrons. The standard InChI is InChI=1S/C12H12FN5O3.C7H11O6P.C7H10O3.C5H4FN5.C5H6O2.C2H4O.2CH4.H3NP2.4HO4P/c1-2-12(4-19)6(20)3-7(21-12)18-5-15-8-9(14)16-11(13)17-10(8)18;1-3-7(2)5(8)4-6(12-7)13-14(9,10)11;1-3-7(2)5(8)4-6(9)10-7;6-5-10-3(7)2-4(11-5)9-1-8-2;1-3-5(2,7)4-6;1-2-3;;;1-3-2;4*1-4-5(2)3/h1,5-7,19-20H,3-4H2,(H2,14,16,17);1,5-6,8H,4H2,2H3,(H2,9,10,11);1,5-6,8-9H,4H2,2H3;1H,(H3,7,8,9,10,11);1,4,7H,2H3;2H,1H3;2*1H4;1H,2H2;4*1H/p-4/t6-,7+,12+;5-,6+,7-;5-,6?,7-;;5-;;;;;;;;/m000.0......../s1. The molecular formula is C40H58F2N11O31P7-4. The Bertz CT molecular complexity index is 3060. The first-order chi connectivity index (χ1) is 41.2. The van der Waals surface area contributed by atoms with Gasteiger partial charge in [0.25, 0.3) is 7.82 Å². The molecule has 16 atom stereocenters. The molecule has 7 heterocycles. The topological polar surface area (TPSA) is 714 Å². The summed E-state index contributed by atoms with van der Waals surface area (Å²) in [5.41, 5.74) is 6.62. The zero-order chi connectivity index (χ0) is 70.3. The number of nitrogen functional groups attached to an aromatic ring is 2. The molecule has 3 fully saturated rings. The van der Waals surface area contributed by atoms with Crippen molar-refractivity contribution in [1.82, 2.24) is 39.5 Å². The third-order valence-corrected chi connectivity index (χ3v) is 10.3. The number of anilines is 2. The molecule has 3 aliphatic rings. The summed E-state index contributed by atoms with van der Waals surface area (Å²) in [5.74, 6) is 8.58. The number of carbonyl (C=O) groups excluding carboxylic acids is 2. The summed E-state index contributed by atoms with van der Waals surface area (Å²) < 4.78 is 103. The first-order valence-electron chi connectivity index (χ1n) is 21.9. The molecule has 0 bridgehead atoms. The van der Waals surface area contributed by atoms with Gasteiger partial charge in [-0.15, -0.1) is 25.7 Å². The summed E-state index contributed by atoms with van der Waals surface area (Å²) in [7, 11) is -14.6. The number of aldehydes is 2. The van der Waals surface area contributed by atoms with Crippen LogP contribution in [0.25, 0.3) is 22.3 Å². The number of imidazole rings is 2. The van der Waals surface area contributed by atoms with Gasteiger partial charge in [-0.05, 0) is 46.0 Å². The monoisotopic (exact) mass is 1440 g/mol. The zero-order valence-corrected chi connectivity index (χ0v) is 51.7. The fourth-order valence-electron chi connectivity index (χ4n) is 5.33. The summed E-state index contributed by atoms with van der Waals surface area (Å²) in [5, 5.41) is 94.1. The molecule has 3 saturated heterocycles. The molecule has 0 aliphatic carbocycles. The third-order valence-electron chi connectivity index (χ3n) is 9.27. The number of aliphatic hydroxyl groups excluding tert-OH is 5. The van der Waals surface area contributed by atoms with Gasteiger partial charge in [0.1, 0.15) is 24.1 Å². The van der Waals surface area contributed by atoms with Crippen LogP contribution in [-0.4, -0.2) is 153 Å². The van der Waals surface area contributed by atoms with Gasteiger partial charge in [0, 0.05) is 32.0 Å². The number of H-pyrrole nitrogens is 1. The first-order valence-corrected chi connectivity index (χ1v) is 30.3. The molecule has 0 amide bonds. The number of nitrogens with two attached hydrogens (primary N) is 2. The van der Waals surface area contributed by atoms with Crippen molar-refractivity contribution in [3.05, 3.63) is 24.8 Å². The van der Waals surface area contributed by atoms with E-state index in [1.165, 1.54) is 38.0 Å². The molecule has 0 saturated carbocycles. The number of phosphoric acid groups is 1. The van der Waals surface area contributed by atoms with E-state index in [0.29, 0.717) is 19.9 Å². The van der Waals surface area contributed by atoms with E-state index in [9.17, 15) is 43.5 Å². The maximum atomic E-state index is 13.3. The fraction of sp³-hybridized carbons (Fsp3) is 0.500. The molecule has 0 radical (unpaired) electrons. The summed E-state index contributed by atoms with van der Waals surface area (Å²) in [6, 6.07) is 0. The lowest BCUT2D eigenvalue weighted by atomic mass is 9.99. The van der Waals surface area contributed by atoms with Crippen molar-refractivity contribution in [3.63, 3.8) is 0 Å². The van der Waals surface area contributed by atoms with E-state index in [0.717, 1.165) is 6.29 Å². The predicted octanol–water partition coefficient (Wildman–Crippen LogP) is -5.38.